The molecule has 3 fully saturated rings. The molecular weight excluding hydrogens is 254 g/mol. The second-order valence-corrected chi connectivity index (χ2v) is 6.47. The SMILES string of the molecule is COCC(=O)N1CCC(NC2CCN(C3CC3)C2)CC1. The van der Waals surface area contributed by atoms with E-state index in [4.69, 9.17) is 4.74 Å². The Bertz CT molecular complexity index is 338. The smallest absolute Gasteiger partial charge is 0.248 e. The Morgan fingerprint density at radius 1 is 1.10 bits per heavy atom. The zero-order valence-corrected chi connectivity index (χ0v) is 12.5. The number of nitrogens with one attached hydrogen (secondary N) is 1. The quantitative estimate of drug-likeness (QED) is 0.795. The maximum Gasteiger partial charge on any atom is 0.248 e. The highest BCUT2D eigenvalue weighted by Crippen LogP contribution is 2.30. The summed E-state index contributed by atoms with van der Waals surface area (Å²) in [6.07, 6.45) is 6.27. The summed E-state index contributed by atoms with van der Waals surface area (Å²) in [4.78, 5) is 16.3. The van der Waals surface area contributed by atoms with E-state index in [0.717, 1.165) is 32.0 Å². The second kappa shape index (κ2) is 6.41. The number of methoxy groups -OCH3 is 1. The predicted molar refractivity (Wildman–Crippen MR) is 77.6 cm³/mol. The normalized spacial score (nSPS) is 29.1. The molecule has 3 aliphatic rings. The molecule has 20 heavy (non-hydrogen) atoms. The van der Waals surface area contributed by atoms with Crippen molar-refractivity contribution < 1.29 is 9.53 Å². The van der Waals surface area contributed by atoms with E-state index in [9.17, 15) is 4.79 Å². The van der Waals surface area contributed by atoms with Crippen LogP contribution in [0.5, 0.6) is 0 Å². The lowest BCUT2D eigenvalue weighted by Crippen LogP contribution is -2.49. The Balaban J connectivity index is 1.37. The summed E-state index contributed by atoms with van der Waals surface area (Å²) < 4.78 is 4.92. The lowest BCUT2D eigenvalue weighted by molar-refractivity contribution is -0.136. The molecule has 2 aliphatic heterocycles. The summed E-state index contributed by atoms with van der Waals surface area (Å²) in [7, 11) is 1.58. The zero-order valence-electron chi connectivity index (χ0n) is 12.5. The predicted octanol–water partition coefficient (Wildman–Crippen LogP) is 0.450. The number of ether oxygens (including phenoxy) is 1. The van der Waals surface area contributed by atoms with Crippen LogP contribution in [-0.2, 0) is 9.53 Å². The van der Waals surface area contributed by atoms with E-state index >= 15 is 0 Å². The molecule has 1 unspecified atom stereocenters. The number of piperidine rings is 1. The molecule has 1 saturated carbocycles. The van der Waals surface area contributed by atoms with Crippen LogP contribution in [0.2, 0.25) is 0 Å². The van der Waals surface area contributed by atoms with Gasteiger partial charge in [-0.1, -0.05) is 0 Å². The number of nitrogens with zero attached hydrogens (tertiary/aromatic N) is 2. The fraction of sp³-hybridized carbons (Fsp3) is 0.933. The van der Waals surface area contributed by atoms with Gasteiger partial charge >= 0.3 is 0 Å². The molecule has 1 atom stereocenters. The molecule has 1 N–H and O–H groups in total. The number of amides is 1. The van der Waals surface area contributed by atoms with E-state index in [2.05, 4.69) is 10.2 Å². The highest BCUT2D eigenvalue weighted by Gasteiger charge is 2.35. The molecule has 0 aromatic rings. The Morgan fingerprint density at radius 2 is 1.80 bits per heavy atom. The second-order valence-electron chi connectivity index (χ2n) is 6.47. The Labute approximate surface area is 121 Å². The van der Waals surface area contributed by atoms with Crippen molar-refractivity contribution in [3.8, 4) is 0 Å². The third kappa shape index (κ3) is 3.51. The van der Waals surface area contributed by atoms with Gasteiger partial charge in [0.15, 0.2) is 0 Å². The van der Waals surface area contributed by atoms with Crippen molar-refractivity contribution in [2.24, 2.45) is 0 Å². The molecule has 0 bridgehead atoms. The lowest BCUT2D eigenvalue weighted by atomic mass is 10.0. The minimum atomic E-state index is 0.131. The maximum absolute atomic E-state index is 11.7. The van der Waals surface area contributed by atoms with Crippen molar-refractivity contribution in [1.29, 1.82) is 0 Å². The van der Waals surface area contributed by atoms with Crippen molar-refractivity contribution in [3.05, 3.63) is 0 Å². The Morgan fingerprint density at radius 3 is 2.45 bits per heavy atom. The minimum Gasteiger partial charge on any atom is -0.375 e. The monoisotopic (exact) mass is 281 g/mol. The van der Waals surface area contributed by atoms with Crippen molar-refractivity contribution in [3.63, 3.8) is 0 Å². The summed E-state index contributed by atoms with van der Waals surface area (Å²) in [5, 5.41) is 3.81. The van der Waals surface area contributed by atoms with Crippen LogP contribution in [0.15, 0.2) is 0 Å². The number of hydrogen-bond acceptors (Lipinski definition) is 4. The molecule has 1 aliphatic carbocycles. The molecule has 0 radical (unpaired) electrons. The highest BCUT2D eigenvalue weighted by molar-refractivity contribution is 5.77. The fourth-order valence-electron chi connectivity index (χ4n) is 3.54. The number of hydrogen-bond donors (Lipinski definition) is 1. The summed E-state index contributed by atoms with van der Waals surface area (Å²) in [6.45, 7) is 4.47. The molecular formula is C15H27N3O2. The van der Waals surface area contributed by atoms with Crippen LogP contribution >= 0.6 is 0 Å². The molecule has 0 aromatic heterocycles. The van der Waals surface area contributed by atoms with E-state index in [-0.39, 0.29) is 12.5 Å². The van der Waals surface area contributed by atoms with Crippen LogP contribution in [0.25, 0.3) is 0 Å². The minimum absolute atomic E-state index is 0.131. The highest BCUT2D eigenvalue weighted by atomic mass is 16.5. The summed E-state index contributed by atoms with van der Waals surface area (Å²) in [5.74, 6) is 0.131. The van der Waals surface area contributed by atoms with Crippen molar-refractivity contribution in [2.75, 3.05) is 39.9 Å². The third-order valence-corrected chi connectivity index (χ3v) is 4.87. The fourth-order valence-corrected chi connectivity index (χ4v) is 3.54. The van der Waals surface area contributed by atoms with E-state index < -0.39 is 0 Å². The molecule has 114 valence electrons. The molecule has 5 heteroatoms. The van der Waals surface area contributed by atoms with Gasteiger partial charge in [-0.15, -0.1) is 0 Å². The van der Waals surface area contributed by atoms with Crippen LogP contribution in [0, 0.1) is 0 Å². The van der Waals surface area contributed by atoms with Gasteiger partial charge in [-0.2, -0.15) is 0 Å². The van der Waals surface area contributed by atoms with Crippen molar-refractivity contribution in [2.45, 2.75) is 50.2 Å². The van der Waals surface area contributed by atoms with Gasteiger partial charge in [-0.25, -0.2) is 0 Å². The first-order chi connectivity index (χ1) is 9.76. The largest absolute Gasteiger partial charge is 0.375 e. The van der Waals surface area contributed by atoms with E-state index in [1.165, 1.54) is 32.4 Å². The van der Waals surface area contributed by atoms with Crippen molar-refractivity contribution >= 4 is 5.91 Å². The van der Waals surface area contributed by atoms with E-state index in [0.29, 0.717) is 12.1 Å². The van der Waals surface area contributed by atoms with Crippen LogP contribution in [0.3, 0.4) is 0 Å². The van der Waals surface area contributed by atoms with Gasteiger partial charge < -0.3 is 15.0 Å². The van der Waals surface area contributed by atoms with Crippen LogP contribution in [0.1, 0.15) is 32.1 Å². The first kappa shape index (κ1) is 14.3. The van der Waals surface area contributed by atoms with Crippen LogP contribution in [0.4, 0.5) is 0 Å². The van der Waals surface area contributed by atoms with Crippen molar-refractivity contribution in [1.82, 2.24) is 15.1 Å². The van der Waals surface area contributed by atoms with Gasteiger partial charge in [0.2, 0.25) is 5.91 Å². The summed E-state index contributed by atoms with van der Waals surface area (Å²) in [6, 6.07) is 2.16. The molecule has 2 saturated heterocycles. The van der Waals surface area contributed by atoms with Gasteiger partial charge in [0.25, 0.3) is 0 Å². The molecule has 2 heterocycles. The van der Waals surface area contributed by atoms with E-state index in [1.54, 1.807) is 7.11 Å². The van der Waals surface area contributed by atoms with Gasteiger partial charge in [0.05, 0.1) is 0 Å². The molecule has 0 aromatic carbocycles. The number of rotatable bonds is 5. The number of carbonyl (C=O) groups excluding carboxylic acids is 1. The summed E-state index contributed by atoms with van der Waals surface area (Å²) >= 11 is 0. The standard InChI is InChI=1S/C15H27N3O2/c1-20-11-15(19)17-7-4-12(5-8-17)16-13-6-9-18(10-13)14-2-3-14/h12-14,16H,2-11H2,1H3. The lowest BCUT2D eigenvalue weighted by Gasteiger charge is -2.33. The van der Waals surface area contributed by atoms with E-state index in [1.807, 2.05) is 4.90 Å². The zero-order chi connectivity index (χ0) is 13.9. The van der Waals surface area contributed by atoms with Gasteiger partial charge in [-0.05, 0) is 32.1 Å². The first-order valence-electron chi connectivity index (χ1n) is 8.03. The topological polar surface area (TPSA) is 44.8 Å². The summed E-state index contributed by atoms with van der Waals surface area (Å²) in [5.41, 5.74) is 0. The number of likely N-dealkylation sites (tertiary alicyclic amines) is 2. The maximum atomic E-state index is 11.7. The molecule has 1 amide bonds. The van der Waals surface area contributed by atoms with Crippen LogP contribution in [-0.4, -0.2) is 73.7 Å². The van der Waals surface area contributed by atoms with Gasteiger partial charge in [0.1, 0.15) is 6.61 Å². The molecule has 3 rings (SSSR count). The van der Waals surface area contributed by atoms with Gasteiger partial charge in [0, 0.05) is 51.4 Å². The Kier molecular flexibility index (Phi) is 4.58. The van der Waals surface area contributed by atoms with Crippen LogP contribution < -0.4 is 5.32 Å². The average molecular weight is 281 g/mol. The third-order valence-electron chi connectivity index (χ3n) is 4.87. The average Bonchev–Trinajstić information content (AvgIpc) is 3.21. The number of carbonyl (C=O) groups is 1. The molecule has 5 nitrogen and oxygen atoms in total. The Hall–Kier alpha value is -0.650. The van der Waals surface area contributed by atoms with Gasteiger partial charge in [-0.3, -0.25) is 9.69 Å². The first-order valence-corrected chi connectivity index (χ1v) is 8.03. The molecule has 0 spiro atoms.